The number of nitrogens with one attached hydrogen (secondary N) is 1. The Morgan fingerprint density at radius 2 is 1.73 bits per heavy atom. The molecule has 156 valence electrons. The van der Waals surface area contributed by atoms with Crippen LogP contribution in [-0.4, -0.2) is 38.7 Å². The Bertz CT molecular complexity index is 1240. The fourth-order valence-corrected chi connectivity index (χ4v) is 4.40. The van der Waals surface area contributed by atoms with Gasteiger partial charge in [-0.25, -0.2) is 13.4 Å². The number of sulfonamides is 1. The summed E-state index contributed by atoms with van der Waals surface area (Å²) in [6.45, 7) is 0. The van der Waals surface area contributed by atoms with Gasteiger partial charge in [0, 0.05) is 31.9 Å². The molecule has 0 aliphatic rings. The topological polar surface area (TPSA) is 118 Å². The summed E-state index contributed by atoms with van der Waals surface area (Å²) in [6.07, 6.45) is 1.04. The van der Waals surface area contributed by atoms with E-state index in [0.717, 1.165) is 23.2 Å². The highest BCUT2D eigenvalue weighted by molar-refractivity contribution is 7.89. The summed E-state index contributed by atoms with van der Waals surface area (Å²) in [4.78, 5) is 16.8. The molecule has 0 bridgehead atoms. The van der Waals surface area contributed by atoms with Crippen molar-refractivity contribution in [1.29, 1.82) is 0 Å². The van der Waals surface area contributed by atoms with E-state index < -0.39 is 14.9 Å². The molecule has 30 heavy (non-hydrogen) atoms. The van der Waals surface area contributed by atoms with Crippen molar-refractivity contribution in [3.05, 3.63) is 69.4 Å². The number of anilines is 3. The maximum absolute atomic E-state index is 12.0. The Morgan fingerprint density at radius 3 is 2.27 bits per heavy atom. The third-order valence-corrected chi connectivity index (χ3v) is 5.41. The molecule has 9 nitrogen and oxygen atoms in total. The molecule has 0 radical (unpaired) electrons. The van der Waals surface area contributed by atoms with E-state index >= 15 is 0 Å². The van der Waals surface area contributed by atoms with Gasteiger partial charge in [0.1, 0.15) is 10.5 Å². The molecule has 3 aromatic rings. The molecule has 0 amide bonds. The number of benzene rings is 2. The maximum atomic E-state index is 12.0. The van der Waals surface area contributed by atoms with E-state index in [1.165, 1.54) is 12.1 Å². The second kappa shape index (κ2) is 8.59. The molecule has 0 saturated carbocycles. The lowest BCUT2D eigenvalue weighted by atomic mass is 10.1. The van der Waals surface area contributed by atoms with Gasteiger partial charge in [-0.1, -0.05) is 41.7 Å². The highest BCUT2D eigenvalue weighted by atomic mass is 32.2. The van der Waals surface area contributed by atoms with Crippen molar-refractivity contribution in [2.75, 3.05) is 30.6 Å². The van der Waals surface area contributed by atoms with Crippen LogP contribution in [0.15, 0.2) is 59.0 Å². The van der Waals surface area contributed by atoms with Crippen molar-refractivity contribution in [1.82, 2.24) is 4.98 Å². The SMILES string of the molecule is CN(C)c1nc(Nc2ccc([N+](=O)[O-])cc2)s/c(=N\S(C)(=O)=O)c1-c1ccccc1. The molecule has 11 heteroatoms. The molecule has 0 aliphatic carbocycles. The van der Waals surface area contributed by atoms with Crippen molar-refractivity contribution in [2.45, 2.75) is 0 Å². The lowest BCUT2D eigenvalue weighted by Crippen LogP contribution is -2.18. The Morgan fingerprint density at radius 1 is 1.10 bits per heavy atom. The number of nitro benzene ring substituents is 1. The molecular formula is C19H19N5O4S2. The first-order chi connectivity index (χ1) is 14.1. The highest BCUT2D eigenvalue weighted by Crippen LogP contribution is 2.30. The first kappa shape index (κ1) is 21.4. The van der Waals surface area contributed by atoms with Crippen molar-refractivity contribution in [3.63, 3.8) is 0 Å². The van der Waals surface area contributed by atoms with Crippen LogP contribution in [0.3, 0.4) is 0 Å². The average molecular weight is 446 g/mol. The summed E-state index contributed by atoms with van der Waals surface area (Å²) in [5.41, 5.74) is 1.93. The van der Waals surface area contributed by atoms with Gasteiger partial charge >= 0.3 is 0 Å². The Balaban J connectivity index is 2.19. The van der Waals surface area contributed by atoms with Crippen LogP contribution < -0.4 is 14.9 Å². The van der Waals surface area contributed by atoms with E-state index in [2.05, 4.69) is 14.7 Å². The van der Waals surface area contributed by atoms with Crippen LogP contribution in [0.4, 0.5) is 22.3 Å². The van der Waals surface area contributed by atoms with Crippen LogP contribution in [0.5, 0.6) is 0 Å². The molecule has 3 rings (SSSR count). The van der Waals surface area contributed by atoms with Crippen LogP contribution in [0.2, 0.25) is 0 Å². The van der Waals surface area contributed by atoms with Gasteiger partial charge in [-0.15, -0.1) is 0 Å². The normalized spacial score (nSPS) is 11.9. The van der Waals surface area contributed by atoms with Gasteiger partial charge in [-0.05, 0) is 17.7 Å². The van der Waals surface area contributed by atoms with Crippen LogP contribution in [0.25, 0.3) is 11.1 Å². The largest absolute Gasteiger partial charge is 0.362 e. The fraction of sp³-hybridized carbons (Fsp3) is 0.158. The maximum Gasteiger partial charge on any atom is 0.269 e. The summed E-state index contributed by atoms with van der Waals surface area (Å²) >= 11 is 1.08. The van der Waals surface area contributed by atoms with Gasteiger partial charge in [0.15, 0.2) is 5.13 Å². The molecule has 0 spiro atoms. The molecule has 0 saturated heterocycles. The molecule has 0 fully saturated rings. The number of aromatic nitrogens is 1. The zero-order valence-corrected chi connectivity index (χ0v) is 18.1. The third-order valence-electron chi connectivity index (χ3n) is 3.90. The quantitative estimate of drug-likeness (QED) is 0.456. The Labute approximate surface area is 177 Å². The Kier molecular flexibility index (Phi) is 6.13. The van der Waals surface area contributed by atoms with E-state index in [-0.39, 0.29) is 10.4 Å². The summed E-state index contributed by atoms with van der Waals surface area (Å²) in [5.74, 6) is 0.534. The van der Waals surface area contributed by atoms with E-state index in [4.69, 9.17) is 0 Å². The van der Waals surface area contributed by atoms with E-state index in [9.17, 15) is 18.5 Å². The lowest BCUT2D eigenvalue weighted by Gasteiger charge is -2.18. The first-order valence-corrected chi connectivity index (χ1v) is 11.4. The van der Waals surface area contributed by atoms with Gasteiger partial charge in [-0.2, -0.15) is 4.40 Å². The molecule has 0 atom stereocenters. The van der Waals surface area contributed by atoms with Gasteiger partial charge in [0.2, 0.25) is 0 Å². The third kappa shape index (κ3) is 5.19. The number of hydrogen-bond donors (Lipinski definition) is 1. The average Bonchev–Trinajstić information content (AvgIpc) is 2.67. The van der Waals surface area contributed by atoms with Gasteiger partial charge in [0.05, 0.1) is 16.7 Å². The predicted octanol–water partition coefficient (Wildman–Crippen LogP) is 3.39. The van der Waals surface area contributed by atoms with Crippen LogP contribution >= 0.6 is 11.3 Å². The second-order valence-corrected chi connectivity index (χ2v) is 9.16. The van der Waals surface area contributed by atoms with Crippen molar-refractivity contribution >= 4 is 43.7 Å². The van der Waals surface area contributed by atoms with Gasteiger partial charge in [-0.3, -0.25) is 10.1 Å². The number of rotatable bonds is 6. The summed E-state index contributed by atoms with van der Waals surface area (Å²) in [5, 5.41) is 14.3. The minimum Gasteiger partial charge on any atom is -0.362 e. The van der Waals surface area contributed by atoms with E-state index in [1.54, 1.807) is 31.1 Å². The highest BCUT2D eigenvalue weighted by Gasteiger charge is 2.16. The van der Waals surface area contributed by atoms with E-state index in [0.29, 0.717) is 22.2 Å². The van der Waals surface area contributed by atoms with Crippen LogP contribution in [-0.2, 0) is 10.0 Å². The number of hydrogen-bond acceptors (Lipinski definition) is 8. The molecule has 1 aromatic heterocycles. The molecule has 2 aromatic carbocycles. The summed E-state index contributed by atoms with van der Waals surface area (Å²) in [6, 6.07) is 15.2. The van der Waals surface area contributed by atoms with Gasteiger partial charge in [0.25, 0.3) is 15.7 Å². The predicted molar refractivity (Wildman–Crippen MR) is 119 cm³/mol. The Hall–Kier alpha value is -3.31. The molecule has 0 aliphatic heterocycles. The zero-order valence-electron chi connectivity index (χ0n) is 16.4. The number of non-ortho nitro benzene ring substituents is 1. The monoisotopic (exact) mass is 445 g/mol. The van der Waals surface area contributed by atoms with Crippen molar-refractivity contribution in [2.24, 2.45) is 4.40 Å². The summed E-state index contributed by atoms with van der Waals surface area (Å²) in [7, 11) is -0.0587. The summed E-state index contributed by atoms with van der Waals surface area (Å²) < 4.78 is 28.1. The second-order valence-electron chi connectivity index (χ2n) is 6.54. The smallest absolute Gasteiger partial charge is 0.269 e. The minimum atomic E-state index is -3.67. The fourth-order valence-electron chi connectivity index (χ4n) is 2.65. The van der Waals surface area contributed by atoms with Gasteiger partial charge < -0.3 is 10.2 Å². The molecular weight excluding hydrogens is 426 g/mol. The standard InChI is InChI=1S/C19H19N5O4S2/c1-23(2)17-16(13-7-5-4-6-8-13)18(22-30(3,27)28)29-19(21-17)20-14-9-11-15(12-10-14)24(25)26/h4-12H,1-3H3,(H,20,21)/b22-18-. The number of nitrogens with zero attached hydrogens (tertiary/aromatic N) is 4. The molecule has 0 unspecified atom stereocenters. The van der Waals surface area contributed by atoms with Crippen LogP contribution in [0, 0.1) is 10.1 Å². The van der Waals surface area contributed by atoms with Crippen molar-refractivity contribution in [3.8, 4) is 11.1 Å². The molecule has 1 N–H and O–H groups in total. The first-order valence-electron chi connectivity index (χ1n) is 8.69. The minimum absolute atomic E-state index is 0.0293. The van der Waals surface area contributed by atoms with Crippen molar-refractivity contribution < 1.29 is 13.3 Å². The lowest BCUT2D eigenvalue weighted by molar-refractivity contribution is -0.384. The number of nitro groups is 1. The molecule has 1 heterocycles. The zero-order chi connectivity index (χ0) is 21.9. The van der Waals surface area contributed by atoms with Crippen LogP contribution in [0.1, 0.15) is 0 Å². The van der Waals surface area contributed by atoms with E-state index in [1.807, 2.05) is 30.3 Å².